The van der Waals surface area contributed by atoms with Crippen LogP contribution in [0.2, 0.25) is 0 Å². The first-order valence-electron chi connectivity index (χ1n) is 15.0. The molecule has 28 heteroatoms. The van der Waals surface area contributed by atoms with Crippen LogP contribution < -0.4 is 0 Å². The number of carboxylic acid groups (broad SMARTS) is 4. The highest BCUT2D eigenvalue weighted by molar-refractivity contribution is 5.90. The van der Waals surface area contributed by atoms with E-state index in [1.165, 1.54) is 0 Å². The van der Waals surface area contributed by atoms with Gasteiger partial charge in [-0.05, 0) is 0 Å². The van der Waals surface area contributed by atoms with Gasteiger partial charge in [0.25, 0.3) is 0 Å². The van der Waals surface area contributed by atoms with Gasteiger partial charge in [0.1, 0.15) is 61.0 Å². The van der Waals surface area contributed by atoms with E-state index in [9.17, 15) is 19.2 Å². The molecule has 0 aliphatic heterocycles. The summed E-state index contributed by atoms with van der Waals surface area (Å²) in [5.74, 6) is -5.03. The summed E-state index contributed by atoms with van der Waals surface area (Å²) in [6, 6.07) is 0. The fraction of sp³-hybridized carbons (Fsp3) is 0.714. The van der Waals surface area contributed by atoms with Gasteiger partial charge in [-0.2, -0.15) is 0 Å². The normalized spacial score (nSPS) is 15.6. The smallest absolute Gasteiger partial charge is 0.328 e. The molecule has 0 unspecified atom stereocenters. The van der Waals surface area contributed by atoms with Crippen LogP contribution in [0.15, 0.2) is 24.3 Å². The second-order valence-electron chi connectivity index (χ2n) is 9.52. The predicted molar refractivity (Wildman–Crippen MR) is 180 cm³/mol. The average molecular weight is 843 g/mol. The molecule has 0 saturated carbocycles. The number of carboxylic acids is 4. The van der Waals surface area contributed by atoms with Gasteiger partial charge in [0.05, 0.1) is 66.1 Å². The van der Waals surface area contributed by atoms with Crippen LogP contribution in [-0.2, 0) is 19.2 Å². The minimum absolute atomic E-state index is 0.526. The van der Waals surface area contributed by atoms with E-state index in [1.54, 1.807) is 0 Å². The number of aliphatic hydroxyl groups is 20. The van der Waals surface area contributed by atoms with Gasteiger partial charge in [-0.25, -0.2) is 19.2 Å². The Morgan fingerprint density at radius 1 is 0.250 bits per heavy atom. The van der Waals surface area contributed by atoms with Crippen molar-refractivity contribution in [3.8, 4) is 0 Å². The van der Waals surface area contributed by atoms with Crippen molar-refractivity contribution >= 4 is 23.9 Å². The molecule has 0 aliphatic carbocycles. The molecule has 10 atom stereocenters. The summed E-state index contributed by atoms with van der Waals surface area (Å²) < 4.78 is 0. The zero-order chi connectivity index (χ0) is 46.0. The van der Waals surface area contributed by atoms with Crippen molar-refractivity contribution < 1.29 is 142 Å². The Balaban J connectivity index is -0.000000100. The Kier molecular flexibility index (Phi) is 57.4. The van der Waals surface area contributed by atoms with Crippen LogP contribution in [0.25, 0.3) is 0 Å². The first-order valence-corrected chi connectivity index (χ1v) is 15.0. The largest absolute Gasteiger partial charge is 0.478 e. The standard InChI is InChI=1S/5C4H10O4.2C4H4O4/c5*5-1-3(7)4(8)2-6;2*5-3(6)1-2-4(7)8/h5*3-8H,1-2H2;2*1-2H,(H,5,6)(H,7,8)/b;;;;;2*2-1-/t5*3-,4+;;. The highest BCUT2D eigenvalue weighted by atomic mass is 16.4. The molecule has 0 aromatic rings. The molecule has 28 nitrogen and oxygen atoms in total. The molecule has 0 aromatic carbocycles. The molecular formula is C28H58O28. The molecule has 56 heavy (non-hydrogen) atoms. The Labute approximate surface area is 317 Å². The summed E-state index contributed by atoms with van der Waals surface area (Å²) in [7, 11) is 0. The van der Waals surface area contributed by atoms with E-state index < -0.39 is 151 Å². The highest BCUT2D eigenvalue weighted by Crippen LogP contribution is 1.91. The molecule has 0 saturated heterocycles. The Bertz CT molecular complexity index is 752. The maximum Gasteiger partial charge on any atom is 0.328 e. The number of rotatable bonds is 19. The second-order valence-corrected chi connectivity index (χ2v) is 9.52. The number of hydrogen-bond donors (Lipinski definition) is 24. The van der Waals surface area contributed by atoms with Crippen LogP contribution in [0.1, 0.15) is 0 Å². The topological polar surface area (TPSA) is 554 Å². The van der Waals surface area contributed by atoms with Crippen molar-refractivity contribution in [3.05, 3.63) is 24.3 Å². The molecular weight excluding hydrogens is 784 g/mol. The molecule has 0 spiro atoms. The van der Waals surface area contributed by atoms with E-state index in [-0.39, 0.29) is 0 Å². The van der Waals surface area contributed by atoms with E-state index in [0.29, 0.717) is 24.3 Å². The number of hydrogen-bond acceptors (Lipinski definition) is 24. The summed E-state index contributed by atoms with van der Waals surface area (Å²) in [6.45, 7) is -5.26. The molecule has 0 radical (unpaired) electrons. The maximum absolute atomic E-state index is 9.55. The van der Waals surface area contributed by atoms with Gasteiger partial charge < -0.3 is 123 Å². The molecule has 0 fully saturated rings. The molecule has 0 aromatic heterocycles. The lowest BCUT2D eigenvalue weighted by molar-refractivity contribution is -0.134. The van der Waals surface area contributed by atoms with Crippen molar-refractivity contribution in [1.29, 1.82) is 0 Å². The van der Waals surface area contributed by atoms with Crippen molar-refractivity contribution in [2.45, 2.75) is 61.0 Å². The van der Waals surface area contributed by atoms with Gasteiger partial charge in [0.2, 0.25) is 0 Å². The quantitative estimate of drug-likeness (QED) is 0.0537. The van der Waals surface area contributed by atoms with Gasteiger partial charge in [-0.15, -0.1) is 0 Å². The van der Waals surface area contributed by atoms with Crippen LogP contribution >= 0.6 is 0 Å². The minimum atomic E-state index is -1.26. The lowest BCUT2D eigenvalue weighted by atomic mass is 10.2. The number of aliphatic hydroxyl groups excluding tert-OH is 20. The van der Waals surface area contributed by atoms with E-state index in [0.717, 1.165) is 0 Å². The number of aliphatic carboxylic acids is 4. The third kappa shape index (κ3) is 57.3. The average Bonchev–Trinajstić information content (AvgIpc) is 3.20. The van der Waals surface area contributed by atoms with Crippen LogP contribution in [0.5, 0.6) is 0 Å². The van der Waals surface area contributed by atoms with Gasteiger partial charge in [0.15, 0.2) is 0 Å². The zero-order valence-corrected chi connectivity index (χ0v) is 29.5. The Morgan fingerprint density at radius 2 is 0.321 bits per heavy atom. The van der Waals surface area contributed by atoms with E-state index in [4.69, 9.17) is 123 Å². The lowest BCUT2D eigenvalue weighted by Crippen LogP contribution is -2.31. The second kappa shape index (κ2) is 47.7. The third-order valence-electron chi connectivity index (χ3n) is 4.83. The Morgan fingerprint density at radius 3 is 0.357 bits per heavy atom. The molecule has 0 rings (SSSR count). The van der Waals surface area contributed by atoms with Crippen LogP contribution in [-0.4, -0.2) is 274 Å². The van der Waals surface area contributed by atoms with Gasteiger partial charge in [-0.3, -0.25) is 0 Å². The van der Waals surface area contributed by atoms with E-state index in [1.807, 2.05) is 0 Å². The van der Waals surface area contributed by atoms with Crippen molar-refractivity contribution in [3.63, 3.8) is 0 Å². The summed E-state index contributed by atoms with van der Waals surface area (Å²) in [5, 5.41) is 197. The van der Waals surface area contributed by atoms with Crippen molar-refractivity contribution in [1.82, 2.24) is 0 Å². The van der Waals surface area contributed by atoms with Crippen molar-refractivity contribution in [2.75, 3.05) is 66.1 Å². The van der Waals surface area contributed by atoms with Gasteiger partial charge in [-0.1, -0.05) is 0 Å². The van der Waals surface area contributed by atoms with E-state index in [2.05, 4.69) is 0 Å². The summed E-state index contributed by atoms with van der Waals surface area (Å²) in [4.78, 5) is 38.2. The lowest BCUT2D eigenvalue weighted by Gasteiger charge is -2.10. The molecule has 0 amide bonds. The highest BCUT2D eigenvalue weighted by Gasteiger charge is 2.14. The molecule has 338 valence electrons. The zero-order valence-electron chi connectivity index (χ0n) is 29.5. The van der Waals surface area contributed by atoms with Gasteiger partial charge >= 0.3 is 23.9 Å². The van der Waals surface area contributed by atoms with Crippen LogP contribution in [0.3, 0.4) is 0 Å². The minimum Gasteiger partial charge on any atom is -0.478 e. The van der Waals surface area contributed by atoms with Crippen molar-refractivity contribution in [2.24, 2.45) is 0 Å². The molecule has 24 N–H and O–H groups in total. The third-order valence-corrected chi connectivity index (χ3v) is 4.83. The summed E-state index contributed by atoms with van der Waals surface area (Å²) in [6.07, 6.45) is -9.99. The monoisotopic (exact) mass is 842 g/mol. The fourth-order valence-electron chi connectivity index (χ4n) is 1.50. The van der Waals surface area contributed by atoms with Crippen LogP contribution in [0.4, 0.5) is 0 Å². The molecule has 0 heterocycles. The fourth-order valence-corrected chi connectivity index (χ4v) is 1.50. The maximum atomic E-state index is 9.55. The van der Waals surface area contributed by atoms with Crippen LogP contribution in [0, 0.1) is 0 Å². The number of carbonyl (C=O) groups is 4. The summed E-state index contributed by atoms with van der Waals surface area (Å²) in [5.41, 5.74) is 0. The molecule has 0 aliphatic rings. The van der Waals surface area contributed by atoms with Gasteiger partial charge in [0, 0.05) is 24.3 Å². The van der Waals surface area contributed by atoms with E-state index >= 15 is 0 Å². The molecule has 0 bridgehead atoms. The first-order chi connectivity index (χ1) is 25.8. The SMILES string of the molecule is O=C(O)/C=C\C(=O)O.O=C(O)/C=C\C(=O)O.OC[C@@H](O)[C@@H](O)CO.OC[C@@H](O)[C@@H](O)CO.OC[C@@H](O)[C@@H](O)CO.OC[C@@H](O)[C@@H](O)CO.OC[C@@H](O)[C@@H](O)CO. The Hall–Kier alpha value is -3.44. The first kappa shape index (κ1) is 67.3. The predicted octanol–water partition coefficient (Wildman–Crippen LogP) is -12.1. The summed E-state index contributed by atoms with van der Waals surface area (Å²) >= 11 is 0.